The second-order valence-electron chi connectivity index (χ2n) is 5.49. The van der Waals surface area contributed by atoms with Gasteiger partial charge in [-0.1, -0.05) is 43.6 Å². The molecule has 0 aromatic heterocycles. The summed E-state index contributed by atoms with van der Waals surface area (Å²) in [5.74, 6) is 0.569. The fourth-order valence-electron chi connectivity index (χ4n) is 2.10. The standard InChI is InChI=1S/C14H21BrO2/c1-8(2)10-6-11(15)9(3)12(13(10)17)14(4,5)7-16/h6,8,16-17H,7H2,1-5H3. The number of aliphatic hydroxyl groups excluding tert-OH is 1. The van der Waals surface area contributed by atoms with Gasteiger partial charge in [0, 0.05) is 15.5 Å². The van der Waals surface area contributed by atoms with Crippen LogP contribution in [0.4, 0.5) is 0 Å². The molecule has 0 saturated carbocycles. The lowest BCUT2D eigenvalue weighted by atomic mass is 9.80. The molecule has 1 aromatic rings. The number of rotatable bonds is 3. The summed E-state index contributed by atoms with van der Waals surface area (Å²) in [6.07, 6.45) is 0. The molecule has 0 bridgehead atoms. The zero-order chi connectivity index (χ0) is 13.4. The molecule has 0 radical (unpaired) electrons. The van der Waals surface area contributed by atoms with Gasteiger partial charge in [0.05, 0.1) is 6.61 Å². The van der Waals surface area contributed by atoms with Gasteiger partial charge in [0.25, 0.3) is 0 Å². The maximum atomic E-state index is 10.4. The van der Waals surface area contributed by atoms with Gasteiger partial charge in [0.15, 0.2) is 0 Å². The number of hydrogen-bond acceptors (Lipinski definition) is 2. The van der Waals surface area contributed by atoms with E-state index in [1.54, 1.807) is 0 Å². The van der Waals surface area contributed by atoms with Crippen molar-refractivity contribution in [3.8, 4) is 5.75 Å². The number of benzene rings is 1. The Morgan fingerprint density at radius 1 is 1.35 bits per heavy atom. The summed E-state index contributed by atoms with van der Waals surface area (Å²) in [6, 6.07) is 1.96. The number of phenolic OH excluding ortho intramolecular Hbond substituents is 1. The van der Waals surface area contributed by atoms with E-state index in [0.717, 1.165) is 21.2 Å². The molecule has 0 aliphatic rings. The van der Waals surface area contributed by atoms with E-state index in [4.69, 9.17) is 0 Å². The fourth-order valence-corrected chi connectivity index (χ4v) is 2.55. The highest BCUT2D eigenvalue weighted by Gasteiger charge is 2.28. The molecule has 0 fully saturated rings. The predicted octanol–water partition coefficient (Wildman–Crippen LogP) is 3.86. The quantitative estimate of drug-likeness (QED) is 0.890. The molecule has 1 aromatic carbocycles. The highest BCUT2D eigenvalue weighted by molar-refractivity contribution is 9.10. The molecule has 3 heteroatoms. The Bertz CT molecular complexity index is 423. The van der Waals surface area contributed by atoms with E-state index in [9.17, 15) is 10.2 Å². The van der Waals surface area contributed by atoms with Gasteiger partial charge in [-0.15, -0.1) is 0 Å². The summed E-state index contributed by atoms with van der Waals surface area (Å²) in [5, 5.41) is 19.9. The van der Waals surface area contributed by atoms with Gasteiger partial charge < -0.3 is 10.2 Å². The first-order chi connectivity index (χ1) is 7.72. The Hall–Kier alpha value is -0.540. The van der Waals surface area contributed by atoms with Crippen LogP contribution in [0.15, 0.2) is 10.5 Å². The van der Waals surface area contributed by atoms with Crippen LogP contribution in [0.2, 0.25) is 0 Å². The zero-order valence-electron chi connectivity index (χ0n) is 11.1. The van der Waals surface area contributed by atoms with E-state index >= 15 is 0 Å². The van der Waals surface area contributed by atoms with E-state index in [1.807, 2.05) is 40.7 Å². The van der Waals surface area contributed by atoms with E-state index < -0.39 is 5.41 Å². The van der Waals surface area contributed by atoms with Crippen LogP contribution in [0.25, 0.3) is 0 Å². The van der Waals surface area contributed by atoms with Gasteiger partial charge in [-0.2, -0.15) is 0 Å². The maximum absolute atomic E-state index is 10.4. The van der Waals surface area contributed by atoms with Crippen molar-refractivity contribution in [3.05, 3.63) is 27.2 Å². The van der Waals surface area contributed by atoms with Crippen LogP contribution in [0.5, 0.6) is 5.75 Å². The first-order valence-corrected chi connectivity index (χ1v) is 6.65. The van der Waals surface area contributed by atoms with Crippen molar-refractivity contribution < 1.29 is 10.2 Å². The molecule has 2 nitrogen and oxygen atoms in total. The van der Waals surface area contributed by atoms with Gasteiger partial charge in [-0.25, -0.2) is 0 Å². The van der Waals surface area contributed by atoms with E-state index in [2.05, 4.69) is 15.9 Å². The first-order valence-electron chi connectivity index (χ1n) is 5.85. The number of phenols is 1. The fraction of sp³-hybridized carbons (Fsp3) is 0.571. The molecule has 0 unspecified atom stereocenters. The summed E-state index contributed by atoms with van der Waals surface area (Å²) in [4.78, 5) is 0. The van der Waals surface area contributed by atoms with Gasteiger partial charge in [0.1, 0.15) is 5.75 Å². The Balaban J connectivity index is 3.58. The largest absolute Gasteiger partial charge is 0.507 e. The van der Waals surface area contributed by atoms with Gasteiger partial charge in [-0.05, 0) is 30.0 Å². The monoisotopic (exact) mass is 300 g/mol. The second-order valence-corrected chi connectivity index (χ2v) is 6.35. The summed E-state index contributed by atoms with van der Waals surface area (Å²) in [7, 11) is 0. The molecule has 0 atom stereocenters. The highest BCUT2D eigenvalue weighted by atomic mass is 79.9. The van der Waals surface area contributed by atoms with Gasteiger partial charge in [-0.3, -0.25) is 0 Å². The molecule has 96 valence electrons. The normalized spacial score (nSPS) is 12.2. The minimum absolute atomic E-state index is 0.00931. The number of halogens is 1. The highest BCUT2D eigenvalue weighted by Crippen LogP contribution is 2.41. The molecule has 0 amide bonds. The average molecular weight is 301 g/mol. The van der Waals surface area contributed by atoms with E-state index in [0.29, 0.717) is 5.75 Å². The molecule has 0 aliphatic heterocycles. The van der Waals surface area contributed by atoms with Crippen molar-refractivity contribution in [1.82, 2.24) is 0 Å². The van der Waals surface area contributed by atoms with Crippen LogP contribution in [0, 0.1) is 6.92 Å². The number of aromatic hydroxyl groups is 1. The molecular weight excluding hydrogens is 280 g/mol. The topological polar surface area (TPSA) is 40.5 Å². The average Bonchev–Trinajstić information content (AvgIpc) is 2.23. The minimum atomic E-state index is -0.443. The van der Waals surface area contributed by atoms with Crippen LogP contribution in [0.3, 0.4) is 0 Å². The number of aliphatic hydroxyl groups is 1. The first kappa shape index (κ1) is 14.5. The molecule has 1 rings (SSSR count). The lowest BCUT2D eigenvalue weighted by Gasteiger charge is -2.28. The second kappa shape index (κ2) is 4.99. The van der Waals surface area contributed by atoms with Crippen molar-refractivity contribution in [2.75, 3.05) is 6.61 Å². The van der Waals surface area contributed by atoms with Crippen molar-refractivity contribution in [1.29, 1.82) is 0 Å². The third-order valence-electron chi connectivity index (χ3n) is 3.22. The van der Waals surface area contributed by atoms with Crippen LogP contribution in [0.1, 0.15) is 50.3 Å². The zero-order valence-corrected chi connectivity index (χ0v) is 12.7. The van der Waals surface area contributed by atoms with Crippen molar-refractivity contribution >= 4 is 15.9 Å². The summed E-state index contributed by atoms with van der Waals surface area (Å²) in [5.41, 5.74) is 2.30. The third-order valence-corrected chi connectivity index (χ3v) is 4.04. The SMILES string of the molecule is Cc1c(Br)cc(C(C)C)c(O)c1C(C)(C)CO. The lowest BCUT2D eigenvalue weighted by molar-refractivity contribution is 0.214. The molecular formula is C14H21BrO2. The molecule has 0 aliphatic carbocycles. The molecule has 0 spiro atoms. The minimum Gasteiger partial charge on any atom is -0.507 e. The Kier molecular flexibility index (Phi) is 4.26. The van der Waals surface area contributed by atoms with Crippen LogP contribution < -0.4 is 0 Å². The molecule has 2 N–H and O–H groups in total. The summed E-state index contributed by atoms with van der Waals surface area (Å²) >= 11 is 3.53. The molecule has 0 saturated heterocycles. The predicted molar refractivity (Wildman–Crippen MR) is 74.7 cm³/mol. The van der Waals surface area contributed by atoms with E-state index in [-0.39, 0.29) is 12.5 Å². The third kappa shape index (κ3) is 2.66. The van der Waals surface area contributed by atoms with Crippen LogP contribution in [-0.2, 0) is 5.41 Å². The Morgan fingerprint density at radius 3 is 2.29 bits per heavy atom. The van der Waals surface area contributed by atoms with Gasteiger partial charge in [0.2, 0.25) is 0 Å². The summed E-state index contributed by atoms with van der Waals surface area (Å²) in [6.45, 7) is 9.94. The summed E-state index contributed by atoms with van der Waals surface area (Å²) < 4.78 is 0.982. The smallest absolute Gasteiger partial charge is 0.123 e. The van der Waals surface area contributed by atoms with Crippen LogP contribution in [-0.4, -0.2) is 16.8 Å². The lowest BCUT2D eigenvalue weighted by Crippen LogP contribution is -2.24. The Labute approximate surface area is 112 Å². The molecule has 17 heavy (non-hydrogen) atoms. The number of hydrogen-bond donors (Lipinski definition) is 2. The Morgan fingerprint density at radius 2 is 1.88 bits per heavy atom. The molecule has 0 heterocycles. The van der Waals surface area contributed by atoms with Crippen molar-refractivity contribution in [3.63, 3.8) is 0 Å². The van der Waals surface area contributed by atoms with E-state index in [1.165, 1.54) is 0 Å². The van der Waals surface area contributed by atoms with Crippen molar-refractivity contribution in [2.45, 2.75) is 46.0 Å². The van der Waals surface area contributed by atoms with Crippen LogP contribution >= 0.6 is 15.9 Å². The van der Waals surface area contributed by atoms with Gasteiger partial charge >= 0.3 is 0 Å². The van der Waals surface area contributed by atoms with Crippen molar-refractivity contribution in [2.24, 2.45) is 0 Å². The maximum Gasteiger partial charge on any atom is 0.123 e.